The van der Waals surface area contributed by atoms with Crippen molar-refractivity contribution in [3.63, 3.8) is 0 Å². The number of hydrogen-bond acceptors (Lipinski definition) is 4. The van der Waals surface area contributed by atoms with Crippen molar-refractivity contribution in [1.29, 1.82) is 5.26 Å². The van der Waals surface area contributed by atoms with E-state index in [1.807, 2.05) is 0 Å². The number of aromatic amines is 1. The average Bonchev–Trinajstić information content (AvgIpc) is 3.06. The van der Waals surface area contributed by atoms with E-state index < -0.39 is 5.97 Å². The number of esters is 1. The molecule has 104 valence electrons. The number of aromatic nitrogens is 1. The lowest BCUT2D eigenvalue weighted by Gasteiger charge is -2.03. The third-order valence-electron chi connectivity index (χ3n) is 3.16. The predicted molar refractivity (Wildman–Crippen MR) is 77.6 cm³/mol. The van der Waals surface area contributed by atoms with E-state index >= 15 is 0 Å². The van der Waals surface area contributed by atoms with Gasteiger partial charge >= 0.3 is 5.97 Å². The molecule has 6 heteroatoms. The lowest BCUT2D eigenvalue weighted by molar-refractivity contribution is 0.0596. The van der Waals surface area contributed by atoms with Gasteiger partial charge in [-0.15, -0.1) is 11.3 Å². The van der Waals surface area contributed by atoms with Crippen LogP contribution in [-0.2, 0) is 4.74 Å². The lowest BCUT2D eigenvalue weighted by Crippen LogP contribution is -2.03. The van der Waals surface area contributed by atoms with Gasteiger partial charge in [-0.3, -0.25) is 0 Å². The molecule has 0 fully saturated rings. The Morgan fingerprint density at radius 2 is 2.10 bits per heavy atom. The largest absolute Gasteiger partial charge is 0.464 e. The van der Waals surface area contributed by atoms with Gasteiger partial charge in [0.25, 0.3) is 0 Å². The molecule has 2 heterocycles. The smallest absolute Gasteiger partial charge is 0.355 e. The van der Waals surface area contributed by atoms with Gasteiger partial charge in [-0.05, 0) is 17.7 Å². The van der Waals surface area contributed by atoms with Crippen molar-refractivity contribution in [3.8, 4) is 17.2 Å². The molecule has 3 aromatic rings. The summed E-state index contributed by atoms with van der Waals surface area (Å²) in [5.74, 6) is -0.879. The molecule has 0 unspecified atom stereocenters. The first-order valence-corrected chi connectivity index (χ1v) is 6.91. The van der Waals surface area contributed by atoms with Gasteiger partial charge in [0.05, 0.1) is 22.9 Å². The van der Waals surface area contributed by atoms with Gasteiger partial charge in [-0.25, -0.2) is 9.18 Å². The van der Waals surface area contributed by atoms with Crippen molar-refractivity contribution >= 4 is 27.5 Å². The molecular formula is C15H9FN2O2S. The fourth-order valence-electron chi connectivity index (χ4n) is 2.20. The summed E-state index contributed by atoms with van der Waals surface area (Å²) < 4.78 is 18.6. The summed E-state index contributed by atoms with van der Waals surface area (Å²) in [5, 5.41) is 10.8. The summed E-state index contributed by atoms with van der Waals surface area (Å²) in [7, 11) is 1.29. The molecule has 1 aromatic carbocycles. The van der Waals surface area contributed by atoms with Crippen LogP contribution >= 0.6 is 11.3 Å². The van der Waals surface area contributed by atoms with Crippen LogP contribution in [0, 0.1) is 17.1 Å². The van der Waals surface area contributed by atoms with Gasteiger partial charge in [0.1, 0.15) is 17.6 Å². The van der Waals surface area contributed by atoms with E-state index in [4.69, 9.17) is 10.00 Å². The van der Waals surface area contributed by atoms with Crippen molar-refractivity contribution in [1.82, 2.24) is 4.98 Å². The lowest BCUT2D eigenvalue weighted by atomic mass is 10.1. The maximum atomic E-state index is 13.1. The molecule has 0 saturated carbocycles. The van der Waals surface area contributed by atoms with Crippen LogP contribution in [0.25, 0.3) is 21.3 Å². The van der Waals surface area contributed by atoms with E-state index in [1.165, 1.54) is 30.6 Å². The summed E-state index contributed by atoms with van der Waals surface area (Å²) >= 11 is 1.36. The van der Waals surface area contributed by atoms with Crippen molar-refractivity contribution in [2.45, 2.75) is 0 Å². The SMILES string of the molecule is COC(=O)c1[nH]c2c(C#N)csc2c1-c1ccc(F)cc1. The Labute approximate surface area is 123 Å². The third-order valence-corrected chi connectivity index (χ3v) is 4.16. The zero-order valence-corrected chi connectivity index (χ0v) is 11.8. The second kappa shape index (κ2) is 5.04. The average molecular weight is 300 g/mol. The number of rotatable bonds is 2. The molecule has 0 spiro atoms. The number of methoxy groups -OCH3 is 1. The number of ether oxygens (including phenoxy) is 1. The van der Waals surface area contributed by atoms with Gasteiger partial charge in [0.2, 0.25) is 0 Å². The zero-order valence-electron chi connectivity index (χ0n) is 10.9. The van der Waals surface area contributed by atoms with Crippen LogP contribution in [0.2, 0.25) is 0 Å². The van der Waals surface area contributed by atoms with E-state index in [2.05, 4.69) is 11.1 Å². The third kappa shape index (κ3) is 2.08. The summed E-state index contributed by atoms with van der Waals surface area (Å²) in [5.41, 5.74) is 2.65. The number of carbonyl (C=O) groups is 1. The monoisotopic (exact) mass is 300 g/mol. The van der Waals surface area contributed by atoms with E-state index in [9.17, 15) is 9.18 Å². The molecule has 2 aromatic heterocycles. The van der Waals surface area contributed by atoms with Crippen LogP contribution in [0.1, 0.15) is 16.1 Å². The molecule has 4 nitrogen and oxygen atoms in total. The normalized spacial score (nSPS) is 10.5. The topological polar surface area (TPSA) is 65.9 Å². The van der Waals surface area contributed by atoms with E-state index in [1.54, 1.807) is 17.5 Å². The molecule has 1 N–H and O–H groups in total. The highest BCUT2D eigenvalue weighted by molar-refractivity contribution is 7.18. The minimum Gasteiger partial charge on any atom is -0.464 e. The molecule has 0 aliphatic rings. The van der Waals surface area contributed by atoms with E-state index in [0.717, 1.165) is 4.70 Å². The highest BCUT2D eigenvalue weighted by Crippen LogP contribution is 2.38. The number of H-pyrrole nitrogens is 1. The molecule has 0 atom stereocenters. The number of benzene rings is 1. The number of hydrogen-bond donors (Lipinski definition) is 1. The van der Waals surface area contributed by atoms with Crippen LogP contribution in [0.4, 0.5) is 4.39 Å². The number of nitriles is 1. The highest BCUT2D eigenvalue weighted by Gasteiger charge is 2.22. The minimum absolute atomic E-state index is 0.266. The first-order chi connectivity index (χ1) is 10.2. The molecule has 0 bridgehead atoms. The Kier molecular flexibility index (Phi) is 3.20. The Morgan fingerprint density at radius 1 is 1.38 bits per heavy atom. The zero-order chi connectivity index (χ0) is 15.0. The van der Waals surface area contributed by atoms with Gasteiger partial charge < -0.3 is 9.72 Å². The summed E-state index contributed by atoms with van der Waals surface area (Å²) in [6, 6.07) is 7.92. The molecule has 0 amide bonds. The number of halogens is 1. The van der Waals surface area contributed by atoms with Crippen LogP contribution < -0.4 is 0 Å². The van der Waals surface area contributed by atoms with Gasteiger partial charge in [0, 0.05) is 10.9 Å². The maximum Gasteiger partial charge on any atom is 0.355 e. The molecule has 0 radical (unpaired) electrons. The first-order valence-electron chi connectivity index (χ1n) is 6.03. The number of nitrogens with zero attached hydrogens (tertiary/aromatic N) is 1. The van der Waals surface area contributed by atoms with Crippen LogP contribution in [0.15, 0.2) is 29.6 Å². The number of carbonyl (C=O) groups excluding carboxylic acids is 1. The van der Waals surface area contributed by atoms with Crippen LogP contribution in [0.5, 0.6) is 0 Å². The Hall–Kier alpha value is -2.65. The van der Waals surface area contributed by atoms with Crippen molar-refractivity contribution in [2.75, 3.05) is 7.11 Å². The Bertz CT molecular complexity index is 872. The second-order valence-electron chi connectivity index (χ2n) is 4.34. The van der Waals surface area contributed by atoms with Crippen LogP contribution in [-0.4, -0.2) is 18.1 Å². The Balaban J connectivity index is 2.32. The van der Waals surface area contributed by atoms with Gasteiger partial charge in [-0.1, -0.05) is 12.1 Å². The summed E-state index contributed by atoms with van der Waals surface area (Å²) in [6.45, 7) is 0. The summed E-state index contributed by atoms with van der Waals surface area (Å²) in [4.78, 5) is 14.9. The quantitative estimate of drug-likeness (QED) is 0.734. The van der Waals surface area contributed by atoms with Crippen LogP contribution in [0.3, 0.4) is 0 Å². The van der Waals surface area contributed by atoms with Crippen molar-refractivity contribution in [3.05, 3.63) is 46.7 Å². The second-order valence-corrected chi connectivity index (χ2v) is 5.22. The molecule has 21 heavy (non-hydrogen) atoms. The van der Waals surface area contributed by atoms with Crippen molar-refractivity contribution < 1.29 is 13.9 Å². The highest BCUT2D eigenvalue weighted by atomic mass is 32.1. The fraction of sp³-hybridized carbons (Fsp3) is 0.0667. The molecule has 3 rings (SSSR count). The van der Waals surface area contributed by atoms with Crippen molar-refractivity contribution in [2.24, 2.45) is 0 Å². The number of nitrogens with one attached hydrogen (secondary N) is 1. The number of thiophene rings is 1. The van der Waals surface area contributed by atoms with E-state index in [-0.39, 0.29) is 11.5 Å². The van der Waals surface area contributed by atoms with Gasteiger partial charge in [-0.2, -0.15) is 5.26 Å². The van der Waals surface area contributed by atoms with E-state index in [0.29, 0.717) is 22.2 Å². The molecule has 0 aliphatic heterocycles. The minimum atomic E-state index is -0.526. The molecule has 0 saturated heterocycles. The van der Waals surface area contributed by atoms with Gasteiger partial charge in [0.15, 0.2) is 0 Å². The Morgan fingerprint density at radius 3 is 2.71 bits per heavy atom. The maximum absolute atomic E-state index is 13.1. The molecular weight excluding hydrogens is 291 g/mol. The first kappa shape index (κ1) is 13.3. The molecule has 0 aliphatic carbocycles. The fourth-order valence-corrected chi connectivity index (χ4v) is 3.22. The standard InChI is InChI=1S/C15H9FN2O2S/c1-20-15(19)13-11(8-2-4-10(16)5-3-8)14-12(18-13)9(6-17)7-21-14/h2-5,7,18H,1H3. The summed E-state index contributed by atoms with van der Waals surface area (Å²) in [6.07, 6.45) is 0. The predicted octanol–water partition coefficient (Wildman–Crippen LogP) is 3.69. The number of fused-ring (bicyclic) bond motifs is 1.